The van der Waals surface area contributed by atoms with E-state index in [1.54, 1.807) is 0 Å². The lowest BCUT2D eigenvalue weighted by molar-refractivity contribution is 0.0695. The molecule has 17 heavy (non-hydrogen) atoms. The largest absolute Gasteiger partial charge is 0.478 e. The van der Waals surface area contributed by atoms with Crippen LogP contribution in [0.3, 0.4) is 0 Å². The highest BCUT2D eigenvalue weighted by Crippen LogP contribution is 2.26. The second-order valence-corrected chi connectivity index (χ2v) is 4.43. The number of unbranched alkanes of at least 4 members (excludes halogenated alkanes) is 2. The fraction of sp³-hybridized carbons (Fsp3) is 0.500. The van der Waals surface area contributed by atoms with E-state index in [-0.39, 0.29) is 17.3 Å². The number of benzene rings is 1. The zero-order valence-electron chi connectivity index (χ0n) is 10.4. The summed E-state index contributed by atoms with van der Waals surface area (Å²) in [4.78, 5) is 11.0. The van der Waals surface area contributed by atoms with Crippen molar-refractivity contribution in [3.05, 3.63) is 35.1 Å². The van der Waals surface area contributed by atoms with E-state index in [0.717, 1.165) is 25.7 Å². The first-order chi connectivity index (χ1) is 8.06. The molecule has 0 spiro atoms. The summed E-state index contributed by atoms with van der Waals surface area (Å²) >= 11 is 0. The maximum atomic E-state index is 13.2. The number of aromatic carboxylic acids is 1. The monoisotopic (exact) mass is 238 g/mol. The number of rotatable bonds is 6. The lowest BCUT2D eigenvalue weighted by Crippen LogP contribution is -2.06. The molecule has 0 saturated carbocycles. The molecule has 1 unspecified atom stereocenters. The van der Waals surface area contributed by atoms with Crippen LogP contribution in [0.25, 0.3) is 0 Å². The van der Waals surface area contributed by atoms with Crippen LogP contribution in [0.5, 0.6) is 0 Å². The molecule has 1 aromatic rings. The van der Waals surface area contributed by atoms with E-state index < -0.39 is 5.97 Å². The topological polar surface area (TPSA) is 37.3 Å². The number of carboxylic acid groups (broad SMARTS) is 1. The average molecular weight is 238 g/mol. The maximum absolute atomic E-state index is 13.2. The SMILES string of the molecule is CCCCCC(C)c1cc(F)ccc1C(=O)O. The summed E-state index contributed by atoms with van der Waals surface area (Å²) in [6, 6.07) is 3.90. The lowest BCUT2D eigenvalue weighted by Gasteiger charge is -2.14. The van der Waals surface area contributed by atoms with Crippen molar-refractivity contribution < 1.29 is 14.3 Å². The summed E-state index contributed by atoms with van der Waals surface area (Å²) in [6.45, 7) is 4.08. The molecule has 2 nitrogen and oxygen atoms in total. The van der Waals surface area contributed by atoms with Gasteiger partial charge in [-0.25, -0.2) is 9.18 Å². The van der Waals surface area contributed by atoms with E-state index in [9.17, 15) is 9.18 Å². The van der Waals surface area contributed by atoms with E-state index in [0.29, 0.717) is 5.56 Å². The molecule has 0 fully saturated rings. The van der Waals surface area contributed by atoms with E-state index in [4.69, 9.17) is 5.11 Å². The normalized spacial score (nSPS) is 12.4. The van der Waals surface area contributed by atoms with Gasteiger partial charge in [0, 0.05) is 0 Å². The van der Waals surface area contributed by atoms with Gasteiger partial charge in [0.1, 0.15) is 5.82 Å². The van der Waals surface area contributed by atoms with Crippen LogP contribution >= 0.6 is 0 Å². The molecule has 1 rings (SSSR count). The number of carboxylic acids is 1. The fourth-order valence-corrected chi connectivity index (χ4v) is 1.99. The number of carbonyl (C=O) groups is 1. The van der Waals surface area contributed by atoms with Gasteiger partial charge >= 0.3 is 5.97 Å². The third kappa shape index (κ3) is 3.84. The zero-order chi connectivity index (χ0) is 12.8. The van der Waals surface area contributed by atoms with Gasteiger partial charge in [-0.3, -0.25) is 0 Å². The summed E-state index contributed by atoms with van der Waals surface area (Å²) in [5.41, 5.74) is 0.823. The van der Waals surface area contributed by atoms with Crippen molar-refractivity contribution in [3.8, 4) is 0 Å². The number of hydrogen-bond acceptors (Lipinski definition) is 1. The van der Waals surface area contributed by atoms with Crippen molar-refractivity contribution in [1.29, 1.82) is 0 Å². The third-order valence-corrected chi connectivity index (χ3v) is 3.02. The second kappa shape index (κ2) is 6.38. The Hall–Kier alpha value is -1.38. The Bertz CT molecular complexity index is 388. The average Bonchev–Trinajstić information content (AvgIpc) is 2.28. The van der Waals surface area contributed by atoms with Gasteiger partial charge in [0.15, 0.2) is 0 Å². The van der Waals surface area contributed by atoms with Gasteiger partial charge in [0.25, 0.3) is 0 Å². The van der Waals surface area contributed by atoms with Crippen molar-refractivity contribution in [3.63, 3.8) is 0 Å². The minimum Gasteiger partial charge on any atom is -0.478 e. The molecule has 0 aliphatic heterocycles. The minimum absolute atomic E-state index is 0.0864. The lowest BCUT2D eigenvalue weighted by atomic mass is 9.91. The highest BCUT2D eigenvalue weighted by Gasteiger charge is 2.16. The highest BCUT2D eigenvalue weighted by atomic mass is 19.1. The van der Waals surface area contributed by atoms with Crippen LogP contribution in [0.15, 0.2) is 18.2 Å². The first kappa shape index (κ1) is 13.7. The van der Waals surface area contributed by atoms with Crippen molar-refractivity contribution in [1.82, 2.24) is 0 Å². The summed E-state index contributed by atoms with van der Waals surface area (Å²) in [5, 5.41) is 9.05. The summed E-state index contributed by atoms with van der Waals surface area (Å²) < 4.78 is 13.2. The predicted octanol–water partition coefficient (Wildman–Crippen LogP) is 4.21. The Morgan fingerprint density at radius 3 is 2.71 bits per heavy atom. The van der Waals surface area contributed by atoms with E-state index >= 15 is 0 Å². The van der Waals surface area contributed by atoms with E-state index in [2.05, 4.69) is 6.92 Å². The van der Waals surface area contributed by atoms with Gasteiger partial charge in [-0.2, -0.15) is 0 Å². The standard InChI is InChI=1S/C14H19FO2/c1-3-4-5-6-10(2)13-9-11(15)7-8-12(13)14(16)17/h7-10H,3-6H2,1-2H3,(H,16,17). The second-order valence-electron chi connectivity index (χ2n) is 4.43. The molecule has 0 aliphatic carbocycles. The Kier molecular flexibility index (Phi) is 5.13. The van der Waals surface area contributed by atoms with Gasteiger partial charge in [-0.15, -0.1) is 0 Å². The summed E-state index contributed by atoms with van der Waals surface area (Å²) in [6.07, 6.45) is 4.20. The Labute approximate surface area is 101 Å². The summed E-state index contributed by atoms with van der Waals surface area (Å²) in [7, 11) is 0. The van der Waals surface area contributed by atoms with Crippen molar-refractivity contribution in [2.45, 2.75) is 45.4 Å². The molecule has 3 heteroatoms. The van der Waals surface area contributed by atoms with Crippen LogP contribution in [0, 0.1) is 5.82 Å². The molecular weight excluding hydrogens is 219 g/mol. The quantitative estimate of drug-likeness (QED) is 0.754. The first-order valence-electron chi connectivity index (χ1n) is 6.09. The van der Waals surface area contributed by atoms with Crippen LogP contribution < -0.4 is 0 Å². The Morgan fingerprint density at radius 2 is 2.12 bits per heavy atom. The predicted molar refractivity (Wildman–Crippen MR) is 65.9 cm³/mol. The van der Waals surface area contributed by atoms with Gasteiger partial charge in [0.05, 0.1) is 5.56 Å². The molecule has 0 heterocycles. The fourth-order valence-electron chi connectivity index (χ4n) is 1.99. The Balaban J connectivity index is 2.86. The highest BCUT2D eigenvalue weighted by molar-refractivity contribution is 5.89. The molecule has 0 aliphatic rings. The molecule has 0 amide bonds. The van der Waals surface area contributed by atoms with Crippen LogP contribution in [0.4, 0.5) is 4.39 Å². The van der Waals surface area contributed by atoms with Crippen molar-refractivity contribution in [2.75, 3.05) is 0 Å². The minimum atomic E-state index is -0.984. The van der Waals surface area contributed by atoms with E-state index in [1.807, 2.05) is 6.92 Å². The molecular formula is C14H19FO2. The molecule has 0 saturated heterocycles. The molecule has 1 N–H and O–H groups in total. The molecule has 1 aromatic carbocycles. The van der Waals surface area contributed by atoms with Gasteiger partial charge in [-0.1, -0.05) is 33.1 Å². The van der Waals surface area contributed by atoms with Crippen LogP contribution in [0.1, 0.15) is 61.4 Å². The van der Waals surface area contributed by atoms with Crippen molar-refractivity contribution in [2.24, 2.45) is 0 Å². The van der Waals surface area contributed by atoms with Gasteiger partial charge < -0.3 is 5.11 Å². The molecule has 0 aromatic heterocycles. The van der Waals surface area contributed by atoms with Crippen LogP contribution in [0.2, 0.25) is 0 Å². The van der Waals surface area contributed by atoms with Gasteiger partial charge in [-0.05, 0) is 36.1 Å². The van der Waals surface area contributed by atoms with E-state index in [1.165, 1.54) is 18.2 Å². The maximum Gasteiger partial charge on any atom is 0.335 e. The Morgan fingerprint density at radius 1 is 1.41 bits per heavy atom. The van der Waals surface area contributed by atoms with Crippen LogP contribution in [-0.4, -0.2) is 11.1 Å². The molecule has 0 bridgehead atoms. The smallest absolute Gasteiger partial charge is 0.335 e. The van der Waals surface area contributed by atoms with Gasteiger partial charge in [0.2, 0.25) is 0 Å². The summed E-state index contributed by atoms with van der Waals surface area (Å²) in [5.74, 6) is -1.27. The molecule has 1 atom stereocenters. The zero-order valence-corrected chi connectivity index (χ0v) is 10.4. The van der Waals surface area contributed by atoms with Crippen LogP contribution in [-0.2, 0) is 0 Å². The number of hydrogen-bond donors (Lipinski definition) is 1. The van der Waals surface area contributed by atoms with Crippen molar-refractivity contribution >= 4 is 5.97 Å². The number of halogens is 1. The molecule has 0 radical (unpaired) electrons. The molecule has 94 valence electrons. The third-order valence-electron chi connectivity index (χ3n) is 3.02. The first-order valence-corrected chi connectivity index (χ1v) is 6.09.